The van der Waals surface area contributed by atoms with E-state index in [4.69, 9.17) is 26.2 Å². The van der Waals surface area contributed by atoms with Gasteiger partial charge in [0.15, 0.2) is 0 Å². The van der Waals surface area contributed by atoms with Crippen molar-refractivity contribution in [2.75, 3.05) is 14.2 Å². The molecule has 32 heavy (non-hydrogen) atoms. The molecule has 2 amide bonds. The van der Waals surface area contributed by atoms with Gasteiger partial charge in [0.05, 0.1) is 36.7 Å². The molecular formula is C23H21ClN4O4. The van der Waals surface area contributed by atoms with Gasteiger partial charge in [0.1, 0.15) is 11.7 Å². The highest BCUT2D eigenvalue weighted by Crippen LogP contribution is 2.37. The fraction of sp³-hybridized carbons (Fsp3) is 0.217. The summed E-state index contributed by atoms with van der Waals surface area (Å²) in [5.41, 5.74) is 3.09. The number of esters is 1. The normalized spacial score (nSPS) is 18.0. The Bertz CT molecular complexity index is 1210. The number of rotatable bonds is 5. The largest absolute Gasteiger partial charge is 0.495 e. The molecule has 0 fully saturated rings. The highest BCUT2D eigenvalue weighted by molar-refractivity contribution is 6.32. The Morgan fingerprint density at radius 2 is 1.91 bits per heavy atom. The molecule has 2 heterocycles. The number of amides is 2. The number of ether oxygens (including phenoxy) is 2. The summed E-state index contributed by atoms with van der Waals surface area (Å²) in [5, 5.41) is 7.99. The van der Waals surface area contributed by atoms with Crippen LogP contribution in [-0.4, -0.2) is 41.7 Å². The Morgan fingerprint density at radius 1 is 1.16 bits per heavy atom. The lowest BCUT2D eigenvalue weighted by Gasteiger charge is -2.29. The summed E-state index contributed by atoms with van der Waals surface area (Å²) in [6, 6.07) is 13.6. The fourth-order valence-electron chi connectivity index (χ4n) is 3.78. The molecule has 1 aromatic heterocycles. The zero-order valence-corrected chi connectivity index (χ0v) is 18.5. The van der Waals surface area contributed by atoms with Crippen LogP contribution in [0.4, 0.5) is 4.79 Å². The first-order valence-electron chi connectivity index (χ1n) is 9.85. The molecule has 8 nitrogen and oxygen atoms in total. The minimum Gasteiger partial charge on any atom is -0.495 e. The Kier molecular flexibility index (Phi) is 5.96. The lowest BCUT2D eigenvalue weighted by molar-refractivity contribution is -0.143. The first kappa shape index (κ1) is 21.6. The SMILES string of the molecule is COC(=O)C1C(C)=NC(=O)NC1c1cn(-c2ccccc2)nc1-c1ccc(OC)c(Cl)c1. The maximum absolute atomic E-state index is 12.6. The van der Waals surface area contributed by atoms with Crippen LogP contribution in [0.3, 0.4) is 0 Å². The van der Waals surface area contributed by atoms with Crippen molar-refractivity contribution in [3.63, 3.8) is 0 Å². The molecule has 4 rings (SSSR count). The zero-order valence-electron chi connectivity index (χ0n) is 17.7. The van der Waals surface area contributed by atoms with E-state index in [-0.39, 0.29) is 0 Å². The van der Waals surface area contributed by atoms with E-state index < -0.39 is 24.0 Å². The number of para-hydroxylation sites is 1. The number of hydrogen-bond donors (Lipinski definition) is 1. The van der Waals surface area contributed by atoms with Crippen molar-refractivity contribution in [3.8, 4) is 22.7 Å². The molecule has 1 aliphatic heterocycles. The number of carbonyl (C=O) groups is 2. The smallest absolute Gasteiger partial charge is 0.341 e. The van der Waals surface area contributed by atoms with Gasteiger partial charge >= 0.3 is 12.0 Å². The van der Waals surface area contributed by atoms with Gasteiger partial charge in [-0.2, -0.15) is 5.10 Å². The third-order valence-corrected chi connectivity index (χ3v) is 5.61. The minimum atomic E-state index is -0.793. The molecule has 2 aromatic carbocycles. The number of hydrogen-bond acceptors (Lipinski definition) is 5. The first-order valence-corrected chi connectivity index (χ1v) is 10.2. The van der Waals surface area contributed by atoms with Crippen LogP contribution in [0, 0.1) is 5.92 Å². The van der Waals surface area contributed by atoms with Gasteiger partial charge in [-0.3, -0.25) is 4.79 Å². The average molecular weight is 453 g/mol. The molecule has 2 unspecified atom stereocenters. The van der Waals surface area contributed by atoms with Crippen LogP contribution in [0.15, 0.2) is 59.7 Å². The lowest BCUT2D eigenvalue weighted by Crippen LogP contribution is -2.44. The number of halogens is 1. The average Bonchev–Trinajstić information content (AvgIpc) is 3.24. The van der Waals surface area contributed by atoms with Gasteiger partial charge in [-0.05, 0) is 37.3 Å². The van der Waals surface area contributed by atoms with Crippen LogP contribution >= 0.6 is 11.6 Å². The lowest BCUT2D eigenvalue weighted by atomic mass is 9.87. The molecular weight excluding hydrogens is 432 g/mol. The zero-order chi connectivity index (χ0) is 22.8. The first-order chi connectivity index (χ1) is 15.4. The summed E-state index contributed by atoms with van der Waals surface area (Å²) >= 11 is 6.37. The summed E-state index contributed by atoms with van der Waals surface area (Å²) in [6.45, 7) is 1.64. The summed E-state index contributed by atoms with van der Waals surface area (Å²) in [7, 11) is 2.84. The molecule has 164 valence electrons. The molecule has 0 spiro atoms. The van der Waals surface area contributed by atoms with E-state index in [9.17, 15) is 9.59 Å². The van der Waals surface area contributed by atoms with E-state index >= 15 is 0 Å². The second-order valence-corrected chi connectivity index (χ2v) is 7.65. The Balaban J connectivity index is 1.91. The van der Waals surface area contributed by atoms with E-state index in [1.165, 1.54) is 14.2 Å². The van der Waals surface area contributed by atoms with E-state index in [0.29, 0.717) is 33.3 Å². The number of aliphatic imine (C=N–C) groups is 1. The monoisotopic (exact) mass is 452 g/mol. The van der Waals surface area contributed by atoms with Crippen molar-refractivity contribution in [2.24, 2.45) is 10.9 Å². The van der Waals surface area contributed by atoms with Crippen LogP contribution in [0.25, 0.3) is 16.9 Å². The summed E-state index contributed by atoms with van der Waals surface area (Å²) in [6.07, 6.45) is 1.79. The topological polar surface area (TPSA) is 94.8 Å². The quantitative estimate of drug-likeness (QED) is 0.585. The second-order valence-electron chi connectivity index (χ2n) is 7.24. The van der Waals surface area contributed by atoms with Crippen molar-refractivity contribution in [1.29, 1.82) is 0 Å². The summed E-state index contributed by atoms with van der Waals surface area (Å²) in [4.78, 5) is 28.8. The molecule has 0 saturated carbocycles. The number of nitrogens with one attached hydrogen (secondary N) is 1. The van der Waals surface area contributed by atoms with Crippen LogP contribution in [-0.2, 0) is 9.53 Å². The highest BCUT2D eigenvalue weighted by Gasteiger charge is 2.40. The second kappa shape index (κ2) is 8.84. The molecule has 0 radical (unpaired) electrons. The van der Waals surface area contributed by atoms with Gasteiger partial charge in [0.2, 0.25) is 0 Å². The van der Waals surface area contributed by atoms with Crippen molar-refractivity contribution in [1.82, 2.24) is 15.1 Å². The van der Waals surface area contributed by atoms with E-state index in [1.54, 1.807) is 29.9 Å². The molecule has 1 N–H and O–H groups in total. The van der Waals surface area contributed by atoms with Gasteiger partial charge in [-0.1, -0.05) is 29.8 Å². The summed E-state index contributed by atoms with van der Waals surface area (Å²) in [5.74, 6) is -0.762. The van der Waals surface area contributed by atoms with E-state index in [1.807, 2.05) is 36.4 Å². The fourth-order valence-corrected chi connectivity index (χ4v) is 4.03. The van der Waals surface area contributed by atoms with Crippen LogP contribution in [0.1, 0.15) is 18.5 Å². The maximum Gasteiger partial charge on any atom is 0.341 e. The van der Waals surface area contributed by atoms with Crippen molar-refractivity contribution >= 4 is 29.3 Å². The third-order valence-electron chi connectivity index (χ3n) is 5.32. The van der Waals surface area contributed by atoms with Crippen molar-refractivity contribution < 1.29 is 19.1 Å². The Morgan fingerprint density at radius 3 is 2.56 bits per heavy atom. The number of carbonyl (C=O) groups excluding carboxylic acids is 2. The molecule has 0 aliphatic carbocycles. The molecule has 2 atom stereocenters. The number of methoxy groups -OCH3 is 2. The predicted octanol–water partition coefficient (Wildman–Crippen LogP) is 4.22. The molecule has 0 bridgehead atoms. The van der Waals surface area contributed by atoms with E-state index in [2.05, 4.69) is 10.3 Å². The standard InChI is InChI=1S/C23H21ClN4O4/c1-13-19(22(29)32-3)21(26-23(30)25-13)16-12-28(15-7-5-4-6-8-15)27-20(16)14-9-10-18(31-2)17(24)11-14/h4-12,19,21H,1-3H3,(H,26,30). The number of nitrogens with zero attached hydrogens (tertiary/aromatic N) is 3. The number of aromatic nitrogens is 2. The van der Waals surface area contributed by atoms with Crippen LogP contribution in [0.2, 0.25) is 5.02 Å². The number of benzene rings is 2. The van der Waals surface area contributed by atoms with Crippen LogP contribution < -0.4 is 10.1 Å². The predicted molar refractivity (Wildman–Crippen MR) is 120 cm³/mol. The van der Waals surface area contributed by atoms with Crippen molar-refractivity contribution in [3.05, 3.63) is 65.3 Å². The molecule has 3 aromatic rings. The van der Waals surface area contributed by atoms with Gasteiger partial charge in [0.25, 0.3) is 0 Å². The molecule has 9 heteroatoms. The minimum absolute atomic E-state index is 0.372. The van der Waals surface area contributed by atoms with Gasteiger partial charge < -0.3 is 14.8 Å². The van der Waals surface area contributed by atoms with E-state index in [0.717, 1.165) is 5.69 Å². The number of urea groups is 1. The third kappa shape index (κ3) is 3.97. The van der Waals surface area contributed by atoms with Crippen molar-refractivity contribution in [2.45, 2.75) is 13.0 Å². The summed E-state index contributed by atoms with van der Waals surface area (Å²) < 4.78 is 12.0. The van der Waals surface area contributed by atoms with Crippen LogP contribution in [0.5, 0.6) is 5.75 Å². The molecule has 0 saturated heterocycles. The molecule has 1 aliphatic rings. The van der Waals surface area contributed by atoms with Gasteiger partial charge in [-0.15, -0.1) is 0 Å². The Labute approximate surface area is 189 Å². The van der Waals surface area contributed by atoms with Gasteiger partial charge in [-0.25, -0.2) is 14.5 Å². The Hall–Kier alpha value is -3.65. The highest BCUT2D eigenvalue weighted by atomic mass is 35.5. The maximum atomic E-state index is 12.6. The van der Waals surface area contributed by atoms with Gasteiger partial charge in [0, 0.05) is 23.0 Å².